The molecule has 1 aromatic heterocycles. The van der Waals surface area contributed by atoms with Crippen molar-refractivity contribution in [3.63, 3.8) is 0 Å². The quantitative estimate of drug-likeness (QED) is 0.864. The first-order valence-electron chi connectivity index (χ1n) is 6.10. The molecular formula is C14H23N3O. The zero-order valence-corrected chi connectivity index (χ0v) is 12.1. The summed E-state index contributed by atoms with van der Waals surface area (Å²) in [7, 11) is 0. The molecule has 18 heavy (non-hydrogen) atoms. The molecule has 0 aliphatic heterocycles. The number of aromatic nitrogens is 1. The highest BCUT2D eigenvalue weighted by atomic mass is 16.2. The molecule has 100 valence electrons. The van der Waals surface area contributed by atoms with Crippen LogP contribution in [-0.2, 0) is 4.79 Å². The van der Waals surface area contributed by atoms with Crippen molar-refractivity contribution < 1.29 is 4.79 Å². The molecule has 0 radical (unpaired) electrons. The fourth-order valence-corrected chi connectivity index (χ4v) is 1.39. The van der Waals surface area contributed by atoms with E-state index in [0.717, 1.165) is 17.1 Å². The fraction of sp³-hybridized carbons (Fsp3) is 0.571. The number of nitrogens with two attached hydrogens (primary N) is 1. The van der Waals surface area contributed by atoms with Crippen molar-refractivity contribution in [3.8, 4) is 0 Å². The number of carbonyl (C=O) groups excluding carboxylic acids is 1. The van der Waals surface area contributed by atoms with Gasteiger partial charge in [-0.05, 0) is 53.7 Å². The van der Waals surface area contributed by atoms with Crippen molar-refractivity contribution in [2.75, 3.05) is 5.32 Å². The second-order valence-corrected chi connectivity index (χ2v) is 5.89. The van der Waals surface area contributed by atoms with Crippen LogP contribution in [0, 0.1) is 19.3 Å². The molecule has 0 bridgehead atoms. The molecule has 0 fully saturated rings. The first kappa shape index (κ1) is 14.6. The van der Waals surface area contributed by atoms with Gasteiger partial charge in [0.05, 0.1) is 16.8 Å². The number of nitrogens with one attached hydrogen (secondary N) is 1. The van der Waals surface area contributed by atoms with Gasteiger partial charge in [0, 0.05) is 11.2 Å². The lowest BCUT2D eigenvalue weighted by molar-refractivity contribution is -0.126. The third-order valence-corrected chi connectivity index (χ3v) is 3.65. The number of carbonyl (C=O) groups is 1. The Hall–Kier alpha value is -1.42. The van der Waals surface area contributed by atoms with Crippen LogP contribution in [-0.4, -0.2) is 16.4 Å². The largest absolute Gasteiger partial charge is 0.325 e. The number of rotatable bonds is 3. The van der Waals surface area contributed by atoms with Gasteiger partial charge in [0.1, 0.15) is 0 Å². The van der Waals surface area contributed by atoms with Gasteiger partial charge in [-0.3, -0.25) is 9.78 Å². The maximum absolute atomic E-state index is 12.3. The summed E-state index contributed by atoms with van der Waals surface area (Å²) in [5, 5.41) is 2.90. The van der Waals surface area contributed by atoms with E-state index in [1.165, 1.54) is 0 Å². The van der Waals surface area contributed by atoms with Gasteiger partial charge in [-0.25, -0.2) is 0 Å². The minimum absolute atomic E-state index is 0.0937. The first-order chi connectivity index (χ1) is 8.05. The predicted molar refractivity (Wildman–Crippen MR) is 74.4 cm³/mol. The predicted octanol–water partition coefficient (Wildman–Crippen LogP) is 2.40. The van der Waals surface area contributed by atoms with E-state index in [2.05, 4.69) is 10.3 Å². The Morgan fingerprint density at radius 2 is 1.78 bits per heavy atom. The average Bonchev–Trinajstić information content (AvgIpc) is 2.20. The van der Waals surface area contributed by atoms with E-state index < -0.39 is 11.0 Å². The molecular weight excluding hydrogens is 226 g/mol. The second-order valence-electron chi connectivity index (χ2n) is 5.89. The summed E-state index contributed by atoms with van der Waals surface area (Å²) in [4.78, 5) is 16.6. The Kier molecular flexibility index (Phi) is 3.81. The van der Waals surface area contributed by atoms with Gasteiger partial charge in [-0.1, -0.05) is 0 Å². The zero-order chi connectivity index (χ0) is 14.1. The summed E-state index contributed by atoms with van der Waals surface area (Å²) in [6.45, 7) is 11.2. The highest BCUT2D eigenvalue weighted by Crippen LogP contribution is 2.30. The number of pyridine rings is 1. The topological polar surface area (TPSA) is 68.0 Å². The van der Waals surface area contributed by atoms with Gasteiger partial charge in [0.2, 0.25) is 5.91 Å². The number of amides is 1. The Labute approximate surface area is 109 Å². The van der Waals surface area contributed by atoms with Crippen molar-refractivity contribution in [1.82, 2.24) is 4.98 Å². The van der Waals surface area contributed by atoms with E-state index in [0.29, 0.717) is 0 Å². The fourth-order valence-electron chi connectivity index (χ4n) is 1.39. The van der Waals surface area contributed by atoms with Gasteiger partial charge in [0.25, 0.3) is 0 Å². The molecule has 0 saturated heterocycles. The number of nitrogens with zero attached hydrogens (tertiary/aromatic N) is 1. The van der Waals surface area contributed by atoms with Crippen molar-refractivity contribution in [2.24, 2.45) is 11.1 Å². The van der Waals surface area contributed by atoms with E-state index in [1.807, 2.05) is 53.7 Å². The lowest BCUT2D eigenvalue weighted by atomic mass is 9.74. The van der Waals surface area contributed by atoms with Gasteiger partial charge < -0.3 is 11.1 Å². The van der Waals surface area contributed by atoms with Gasteiger partial charge in [-0.2, -0.15) is 0 Å². The summed E-state index contributed by atoms with van der Waals surface area (Å²) in [6.07, 6.45) is 0. The highest BCUT2D eigenvalue weighted by molar-refractivity contribution is 5.96. The monoisotopic (exact) mass is 249 g/mol. The molecule has 0 aliphatic carbocycles. The SMILES string of the molecule is Cc1ccc(NC(=O)C(C)(C)C(C)(C)N)c(C)n1. The van der Waals surface area contributed by atoms with E-state index in [4.69, 9.17) is 5.73 Å². The minimum atomic E-state index is -0.662. The van der Waals surface area contributed by atoms with Crippen LogP contribution in [0.4, 0.5) is 5.69 Å². The second kappa shape index (κ2) is 4.69. The normalized spacial score (nSPS) is 12.4. The zero-order valence-electron chi connectivity index (χ0n) is 12.1. The van der Waals surface area contributed by atoms with E-state index in [1.54, 1.807) is 0 Å². The summed E-state index contributed by atoms with van der Waals surface area (Å²) >= 11 is 0. The van der Waals surface area contributed by atoms with Crippen molar-refractivity contribution in [1.29, 1.82) is 0 Å². The molecule has 1 rings (SSSR count). The molecule has 0 aliphatic rings. The molecule has 0 saturated carbocycles. The van der Waals surface area contributed by atoms with Crippen molar-refractivity contribution >= 4 is 11.6 Å². The molecule has 1 aromatic rings. The van der Waals surface area contributed by atoms with Gasteiger partial charge in [0.15, 0.2) is 0 Å². The smallest absolute Gasteiger partial charge is 0.231 e. The molecule has 4 heteroatoms. The molecule has 3 N–H and O–H groups in total. The lowest BCUT2D eigenvalue weighted by Gasteiger charge is -2.36. The molecule has 1 heterocycles. The summed E-state index contributed by atoms with van der Waals surface area (Å²) in [6, 6.07) is 3.75. The average molecular weight is 249 g/mol. The van der Waals surface area contributed by atoms with Crippen molar-refractivity contribution in [3.05, 3.63) is 23.5 Å². The Balaban J connectivity index is 2.95. The highest BCUT2D eigenvalue weighted by Gasteiger charge is 2.40. The molecule has 1 amide bonds. The molecule has 0 unspecified atom stereocenters. The van der Waals surface area contributed by atoms with E-state index >= 15 is 0 Å². The van der Waals surface area contributed by atoms with E-state index in [9.17, 15) is 4.79 Å². The number of hydrogen-bond donors (Lipinski definition) is 2. The van der Waals surface area contributed by atoms with Gasteiger partial charge >= 0.3 is 0 Å². The van der Waals surface area contributed by atoms with Crippen molar-refractivity contribution in [2.45, 2.75) is 47.1 Å². The standard InChI is InChI=1S/C14H23N3O/c1-9-7-8-11(10(2)16-9)17-12(18)13(3,4)14(5,6)15/h7-8H,15H2,1-6H3,(H,17,18). The van der Waals surface area contributed by atoms with Crippen LogP contribution >= 0.6 is 0 Å². The van der Waals surface area contributed by atoms with Crippen LogP contribution in [0.15, 0.2) is 12.1 Å². The number of aryl methyl sites for hydroxylation is 2. The Bertz CT molecular complexity index is 459. The van der Waals surface area contributed by atoms with Crippen LogP contribution in [0.25, 0.3) is 0 Å². The van der Waals surface area contributed by atoms with Crippen LogP contribution < -0.4 is 11.1 Å². The molecule has 0 atom stereocenters. The minimum Gasteiger partial charge on any atom is -0.325 e. The third kappa shape index (κ3) is 2.88. The summed E-state index contributed by atoms with van der Waals surface area (Å²) in [5.41, 5.74) is 7.28. The van der Waals surface area contributed by atoms with Crippen LogP contribution in [0.2, 0.25) is 0 Å². The molecule has 0 spiro atoms. The summed E-state index contributed by atoms with van der Waals surface area (Å²) < 4.78 is 0. The number of hydrogen-bond acceptors (Lipinski definition) is 3. The lowest BCUT2D eigenvalue weighted by Crippen LogP contribution is -2.53. The van der Waals surface area contributed by atoms with Crippen LogP contribution in [0.1, 0.15) is 39.1 Å². The maximum Gasteiger partial charge on any atom is 0.231 e. The maximum atomic E-state index is 12.3. The van der Waals surface area contributed by atoms with Crippen LogP contribution in [0.3, 0.4) is 0 Å². The molecule has 0 aromatic carbocycles. The Morgan fingerprint density at radius 3 is 2.22 bits per heavy atom. The van der Waals surface area contributed by atoms with E-state index in [-0.39, 0.29) is 5.91 Å². The van der Waals surface area contributed by atoms with Gasteiger partial charge in [-0.15, -0.1) is 0 Å². The Morgan fingerprint density at radius 1 is 1.22 bits per heavy atom. The third-order valence-electron chi connectivity index (χ3n) is 3.65. The summed E-state index contributed by atoms with van der Waals surface area (Å²) in [5.74, 6) is -0.0937. The molecule has 4 nitrogen and oxygen atoms in total. The van der Waals surface area contributed by atoms with Crippen LogP contribution in [0.5, 0.6) is 0 Å². The number of anilines is 1. The first-order valence-corrected chi connectivity index (χ1v) is 6.10.